The first kappa shape index (κ1) is 18.8. The molecule has 140 valence electrons. The van der Waals surface area contributed by atoms with Gasteiger partial charge in [0, 0.05) is 30.1 Å². The summed E-state index contributed by atoms with van der Waals surface area (Å²) in [6.07, 6.45) is 0. The van der Waals surface area contributed by atoms with Crippen molar-refractivity contribution in [3.63, 3.8) is 0 Å². The molecule has 0 aliphatic carbocycles. The SMILES string of the molecule is COC(=O)c1cc2cc(N(C)C(C)C)c(-c3ccc(F)cc3)nc2cc1F. The van der Waals surface area contributed by atoms with Gasteiger partial charge in [-0.15, -0.1) is 0 Å². The van der Waals surface area contributed by atoms with Gasteiger partial charge in [-0.1, -0.05) is 0 Å². The number of carbonyl (C=O) groups excluding carboxylic acids is 1. The Hall–Kier alpha value is -3.02. The highest BCUT2D eigenvalue weighted by atomic mass is 19.1. The lowest BCUT2D eigenvalue weighted by molar-refractivity contribution is 0.0595. The summed E-state index contributed by atoms with van der Waals surface area (Å²) in [7, 11) is 3.13. The average Bonchev–Trinajstić information content (AvgIpc) is 2.66. The van der Waals surface area contributed by atoms with E-state index in [2.05, 4.69) is 9.72 Å². The van der Waals surface area contributed by atoms with Crippen molar-refractivity contribution >= 4 is 22.6 Å². The summed E-state index contributed by atoms with van der Waals surface area (Å²) in [5.74, 6) is -1.78. The average molecular weight is 370 g/mol. The van der Waals surface area contributed by atoms with E-state index in [0.717, 1.165) is 11.3 Å². The van der Waals surface area contributed by atoms with Crippen LogP contribution in [0.1, 0.15) is 24.2 Å². The molecule has 0 aliphatic rings. The fraction of sp³-hybridized carbons (Fsp3) is 0.238. The standard InChI is InChI=1S/C21H20F2N2O2/c1-12(2)25(3)19-10-14-9-16(21(26)27-4)17(23)11-18(14)24-20(19)13-5-7-15(22)8-6-13/h5-12H,1-4H3. The van der Waals surface area contributed by atoms with Crippen LogP contribution in [0.25, 0.3) is 22.2 Å². The van der Waals surface area contributed by atoms with Crippen molar-refractivity contribution in [3.05, 3.63) is 59.7 Å². The maximum Gasteiger partial charge on any atom is 0.340 e. The van der Waals surface area contributed by atoms with E-state index >= 15 is 0 Å². The predicted molar refractivity (Wildman–Crippen MR) is 102 cm³/mol. The van der Waals surface area contributed by atoms with Crippen LogP contribution in [0.15, 0.2) is 42.5 Å². The van der Waals surface area contributed by atoms with Crippen molar-refractivity contribution in [3.8, 4) is 11.3 Å². The molecule has 1 heterocycles. The van der Waals surface area contributed by atoms with E-state index < -0.39 is 11.8 Å². The number of hydrogen-bond donors (Lipinski definition) is 0. The van der Waals surface area contributed by atoms with E-state index in [1.165, 1.54) is 31.4 Å². The third-order valence-corrected chi connectivity index (χ3v) is 4.56. The third kappa shape index (κ3) is 3.60. The summed E-state index contributed by atoms with van der Waals surface area (Å²) in [5.41, 5.74) is 2.40. The first-order valence-corrected chi connectivity index (χ1v) is 8.53. The molecule has 0 spiro atoms. The van der Waals surface area contributed by atoms with Gasteiger partial charge in [0.25, 0.3) is 0 Å². The number of methoxy groups -OCH3 is 1. The first-order chi connectivity index (χ1) is 12.8. The zero-order chi connectivity index (χ0) is 19.7. The molecule has 0 saturated carbocycles. The second-order valence-electron chi connectivity index (χ2n) is 6.58. The van der Waals surface area contributed by atoms with Crippen molar-refractivity contribution in [2.75, 3.05) is 19.1 Å². The molecular formula is C21H20F2N2O2. The molecule has 0 fully saturated rings. The van der Waals surface area contributed by atoms with Crippen LogP contribution in [-0.4, -0.2) is 31.2 Å². The normalized spacial score (nSPS) is 11.1. The van der Waals surface area contributed by atoms with Gasteiger partial charge in [-0.2, -0.15) is 0 Å². The van der Waals surface area contributed by atoms with Gasteiger partial charge in [0.15, 0.2) is 0 Å². The number of fused-ring (bicyclic) bond motifs is 1. The number of aromatic nitrogens is 1. The minimum Gasteiger partial charge on any atom is -0.465 e. The minimum absolute atomic E-state index is 0.139. The molecule has 0 unspecified atom stereocenters. The van der Waals surface area contributed by atoms with E-state index in [0.29, 0.717) is 16.6 Å². The van der Waals surface area contributed by atoms with E-state index in [9.17, 15) is 13.6 Å². The highest BCUT2D eigenvalue weighted by molar-refractivity contribution is 5.97. The zero-order valence-electron chi connectivity index (χ0n) is 15.6. The second kappa shape index (κ2) is 7.31. The number of halogens is 2. The molecule has 3 aromatic rings. The smallest absolute Gasteiger partial charge is 0.340 e. The number of ether oxygens (including phenoxy) is 1. The van der Waals surface area contributed by atoms with Crippen LogP contribution >= 0.6 is 0 Å². The lowest BCUT2D eigenvalue weighted by Crippen LogP contribution is -2.26. The molecule has 0 N–H and O–H groups in total. The molecular weight excluding hydrogens is 350 g/mol. The van der Waals surface area contributed by atoms with Crippen LogP contribution in [0.2, 0.25) is 0 Å². The molecule has 2 aromatic carbocycles. The summed E-state index contributed by atoms with van der Waals surface area (Å²) >= 11 is 0. The quantitative estimate of drug-likeness (QED) is 0.618. The van der Waals surface area contributed by atoms with E-state index in [-0.39, 0.29) is 17.4 Å². The molecule has 0 saturated heterocycles. The molecule has 3 rings (SSSR count). The maximum absolute atomic E-state index is 14.3. The van der Waals surface area contributed by atoms with Crippen molar-refractivity contribution < 1.29 is 18.3 Å². The van der Waals surface area contributed by atoms with E-state index in [4.69, 9.17) is 0 Å². The topological polar surface area (TPSA) is 42.4 Å². The number of esters is 1. The van der Waals surface area contributed by atoms with Gasteiger partial charge in [0.1, 0.15) is 11.6 Å². The number of anilines is 1. The largest absolute Gasteiger partial charge is 0.465 e. The molecule has 4 nitrogen and oxygen atoms in total. The van der Waals surface area contributed by atoms with E-state index in [1.807, 2.05) is 31.9 Å². The molecule has 0 amide bonds. The minimum atomic E-state index is -0.740. The summed E-state index contributed by atoms with van der Waals surface area (Å²) in [6.45, 7) is 4.06. The van der Waals surface area contributed by atoms with Crippen LogP contribution < -0.4 is 4.90 Å². The van der Waals surface area contributed by atoms with Gasteiger partial charge >= 0.3 is 5.97 Å². The van der Waals surface area contributed by atoms with Crippen LogP contribution in [0.3, 0.4) is 0 Å². The van der Waals surface area contributed by atoms with Crippen molar-refractivity contribution in [2.45, 2.75) is 19.9 Å². The van der Waals surface area contributed by atoms with E-state index in [1.54, 1.807) is 12.1 Å². The number of nitrogens with zero attached hydrogens (tertiary/aromatic N) is 2. The first-order valence-electron chi connectivity index (χ1n) is 8.53. The lowest BCUT2D eigenvalue weighted by Gasteiger charge is -2.26. The van der Waals surface area contributed by atoms with Gasteiger partial charge in [0.2, 0.25) is 0 Å². The molecule has 27 heavy (non-hydrogen) atoms. The fourth-order valence-electron chi connectivity index (χ4n) is 2.82. The highest BCUT2D eigenvalue weighted by Crippen LogP contribution is 2.33. The summed E-state index contributed by atoms with van der Waals surface area (Å²) in [6, 6.07) is 10.7. The van der Waals surface area contributed by atoms with Crippen LogP contribution in [0.5, 0.6) is 0 Å². The van der Waals surface area contributed by atoms with Gasteiger partial charge < -0.3 is 9.64 Å². The Morgan fingerprint density at radius 3 is 2.37 bits per heavy atom. The Bertz CT molecular complexity index is 1000. The number of carbonyl (C=O) groups is 1. The van der Waals surface area contributed by atoms with Crippen LogP contribution in [0, 0.1) is 11.6 Å². The van der Waals surface area contributed by atoms with Crippen LogP contribution in [0.4, 0.5) is 14.5 Å². The second-order valence-corrected chi connectivity index (χ2v) is 6.58. The molecule has 0 bridgehead atoms. The lowest BCUT2D eigenvalue weighted by atomic mass is 10.0. The van der Waals surface area contributed by atoms with Crippen molar-refractivity contribution in [1.82, 2.24) is 4.98 Å². The Labute approximate surface area is 156 Å². The zero-order valence-corrected chi connectivity index (χ0v) is 15.6. The monoisotopic (exact) mass is 370 g/mol. The Morgan fingerprint density at radius 1 is 1.11 bits per heavy atom. The summed E-state index contributed by atoms with van der Waals surface area (Å²) in [4.78, 5) is 18.4. The Morgan fingerprint density at radius 2 is 1.78 bits per heavy atom. The van der Waals surface area contributed by atoms with Crippen molar-refractivity contribution in [2.24, 2.45) is 0 Å². The fourth-order valence-corrected chi connectivity index (χ4v) is 2.82. The van der Waals surface area contributed by atoms with Crippen molar-refractivity contribution in [1.29, 1.82) is 0 Å². The number of hydrogen-bond acceptors (Lipinski definition) is 4. The maximum atomic E-state index is 14.3. The Kier molecular flexibility index (Phi) is 5.08. The van der Waals surface area contributed by atoms with Gasteiger partial charge in [-0.25, -0.2) is 18.6 Å². The summed E-state index contributed by atoms with van der Waals surface area (Å²) in [5, 5.41) is 0.616. The highest BCUT2D eigenvalue weighted by Gasteiger charge is 2.19. The predicted octanol–water partition coefficient (Wildman–Crippen LogP) is 4.81. The van der Waals surface area contributed by atoms with Gasteiger partial charge in [0.05, 0.1) is 29.6 Å². The molecule has 0 radical (unpaired) electrons. The third-order valence-electron chi connectivity index (χ3n) is 4.56. The Balaban J connectivity index is 2.28. The molecule has 6 heteroatoms. The van der Waals surface area contributed by atoms with Crippen LogP contribution in [-0.2, 0) is 4.74 Å². The molecule has 0 atom stereocenters. The summed E-state index contributed by atoms with van der Waals surface area (Å²) < 4.78 is 32.3. The number of rotatable bonds is 4. The van der Waals surface area contributed by atoms with Gasteiger partial charge in [-0.05, 0) is 50.2 Å². The van der Waals surface area contributed by atoms with Gasteiger partial charge in [-0.3, -0.25) is 0 Å². The number of pyridine rings is 1. The number of benzene rings is 2. The molecule has 1 aromatic heterocycles. The molecule has 0 aliphatic heterocycles.